The van der Waals surface area contributed by atoms with Gasteiger partial charge in [0.15, 0.2) is 0 Å². The fraction of sp³-hybridized carbons (Fsp3) is 0.111. The molecule has 0 saturated heterocycles. The van der Waals surface area contributed by atoms with E-state index in [0.717, 1.165) is 0 Å². The predicted octanol–water partition coefficient (Wildman–Crippen LogP) is 1.99. The van der Waals surface area contributed by atoms with Crippen LogP contribution in [0.25, 0.3) is 0 Å². The van der Waals surface area contributed by atoms with Gasteiger partial charge in [0, 0.05) is 5.56 Å². The molecule has 0 amide bonds. The summed E-state index contributed by atoms with van der Waals surface area (Å²) in [6.07, 6.45) is 0. The highest BCUT2D eigenvalue weighted by Crippen LogP contribution is 2.25. The molecule has 0 aliphatic heterocycles. The molecule has 0 aliphatic rings. The van der Waals surface area contributed by atoms with Gasteiger partial charge in [-0.05, 0) is 13.0 Å². The minimum Gasteiger partial charge on any atom is -0.369 e. The molecule has 0 spiro atoms. The summed E-state index contributed by atoms with van der Waals surface area (Å²) in [5, 5.41) is 8.24. The monoisotopic (exact) mass is 244 g/mol. The van der Waals surface area contributed by atoms with E-state index in [1.807, 2.05) is 0 Å². The molecule has 15 heavy (non-hydrogen) atoms. The zero-order chi connectivity index (χ0) is 11.4. The quantitative estimate of drug-likeness (QED) is 0.475. The average molecular weight is 245 g/mol. The Hall–Kier alpha value is -1.26. The van der Waals surface area contributed by atoms with Crippen LogP contribution in [-0.4, -0.2) is 11.7 Å². The van der Waals surface area contributed by atoms with Gasteiger partial charge in [-0.2, -0.15) is 5.10 Å². The number of benzene rings is 1. The topological polar surface area (TPSA) is 76.8 Å². The highest BCUT2D eigenvalue weighted by Gasteiger charge is 2.06. The molecule has 1 aromatic carbocycles. The van der Waals surface area contributed by atoms with Crippen LogP contribution >= 0.6 is 23.2 Å². The summed E-state index contributed by atoms with van der Waals surface area (Å²) in [6.45, 7) is 1.74. The summed E-state index contributed by atoms with van der Waals surface area (Å²) < 4.78 is 0. The molecule has 80 valence electrons. The van der Waals surface area contributed by atoms with Crippen LogP contribution in [0.4, 0.5) is 0 Å². The van der Waals surface area contributed by atoms with E-state index in [2.05, 4.69) is 10.2 Å². The van der Waals surface area contributed by atoms with E-state index in [4.69, 9.17) is 34.7 Å². The van der Waals surface area contributed by atoms with Gasteiger partial charge in [0.2, 0.25) is 5.96 Å². The van der Waals surface area contributed by atoms with Crippen LogP contribution in [-0.2, 0) is 0 Å². The molecule has 0 bridgehead atoms. The van der Waals surface area contributed by atoms with Gasteiger partial charge in [-0.3, -0.25) is 0 Å². The highest BCUT2D eigenvalue weighted by molar-refractivity contribution is 6.44. The van der Waals surface area contributed by atoms with E-state index in [1.165, 1.54) is 0 Å². The number of halogens is 2. The first-order valence-corrected chi connectivity index (χ1v) is 4.85. The summed E-state index contributed by atoms with van der Waals surface area (Å²) in [4.78, 5) is 0. The maximum Gasteiger partial charge on any atom is 0.211 e. The third-order valence-corrected chi connectivity index (χ3v) is 2.48. The number of hydrogen-bond acceptors (Lipinski definition) is 2. The zero-order valence-electron chi connectivity index (χ0n) is 8.04. The number of nitrogens with zero attached hydrogens (tertiary/aromatic N) is 2. The summed E-state index contributed by atoms with van der Waals surface area (Å²) in [5.41, 5.74) is 11.6. The third-order valence-electron chi connectivity index (χ3n) is 1.66. The lowest BCUT2D eigenvalue weighted by Gasteiger charge is -2.03. The fourth-order valence-electron chi connectivity index (χ4n) is 0.970. The Balaban J connectivity index is 3.12. The van der Waals surface area contributed by atoms with E-state index in [0.29, 0.717) is 21.3 Å². The van der Waals surface area contributed by atoms with Crippen LogP contribution in [0.1, 0.15) is 12.5 Å². The van der Waals surface area contributed by atoms with Crippen LogP contribution < -0.4 is 11.5 Å². The molecular formula is C9H10Cl2N4. The maximum absolute atomic E-state index is 5.98. The number of rotatable bonds is 2. The largest absolute Gasteiger partial charge is 0.369 e. The lowest BCUT2D eigenvalue weighted by Crippen LogP contribution is -2.22. The van der Waals surface area contributed by atoms with Gasteiger partial charge in [0.05, 0.1) is 15.8 Å². The molecule has 1 rings (SSSR count). The van der Waals surface area contributed by atoms with Gasteiger partial charge >= 0.3 is 0 Å². The molecule has 0 heterocycles. The van der Waals surface area contributed by atoms with Gasteiger partial charge in [-0.25, -0.2) is 0 Å². The summed E-state index contributed by atoms with van der Waals surface area (Å²) >= 11 is 11.8. The second-order valence-corrected chi connectivity index (χ2v) is 3.60. The minimum atomic E-state index is -0.104. The van der Waals surface area contributed by atoms with Crippen molar-refractivity contribution in [2.24, 2.45) is 21.7 Å². The summed E-state index contributed by atoms with van der Waals surface area (Å²) in [5.74, 6) is -0.104. The highest BCUT2D eigenvalue weighted by atomic mass is 35.5. The lowest BCUT2D eigenvalue weighted by atomic mass is 10.1. The van der Waals surface area contributed by atoms with Crippen LogP contribution in [0.5, 0.6) is 0 Å². The molecule has 4 nitrogen and oxygen atoms in total. The second-order valence-electron chi connectivity index (χ2n) is 2.81. The number of guanidine groups is 1. The molecule has 0 atom stereocenters. The van der Waals surface area contributed by atoms with Crippen LogP contribution in [0.3, 0.4) is 0 Å². The van der Waals surface area contributed by atoms with E-state index >= 15 is 0 Å². The predicted molar refractivity (Wildman–Crippen MR) is 64.5 cm³/mol. The van der Waals surface area contributed by atoms with Crippen molar-refractivity contribution in [3.63, 3.8) is 0 Å². The summed E-state index contributed by atoms with van der Waals surface area (Å²) in [7, 11) is 0. The van der Waals surface area contributed by atoms with Crippen molar-refractivity contribution in [2.45, 2.75) is 6.92 Å². The van der Waals surface area contributed by atoms with Crippen LogP contribution in [0, 0.1) is 0 Å². The Morgan fingerprint density at radius 1 is 1.20 bits per heavy atom. The normalized spacial score (nSPS) is 11.3. The van der Waals surface area contributed by atoms with Crippen molar-refractivity contribution < 1.29 is 0 Å². The molecule has 6 heteroatoms. The number of hydrogen-bond donors (Lipinski definition) is 2. The molecule has 0 aliphatic carbocycles. The molecule has 0 fully saturated rings. The van der Waals surface area contributed by atoms with E-state index in [-0.39, 0.29) is 5.96 Å². The summed E-state index contributed by atoms with van der Waals surface area (Å²) in [6, 6.07) is 5.26. The molecule has 4 N–H and O–H groups in total. The number of nitrogens with two attached hydrogens (primary N) is 2. The van der Waals surface area contributed by atoms with Crippen molar-refractivity contribution in [3.05, 3.63) is 33.8 Å². The Labute approximate surface area is 97.6 Å². The van der Waals surface area contributed by atoms with Gasteiger partial charge in [0.1, 0.15) is 0 Å². The second kappa shape index (κ2) is 5.00. The van der Waals surface area contributed by atoms with Crippen molar-refractivity contribution in [3.8, 4) is 0 Å². The van der Waals surface area contributed by atoms with E-state index in [1.54, 1.807) is 25.1 Å². The SMILES string of the molecule is C/C(=N/N=C(N)N)c1cccc(Cl)c1Cl. The van der Waals surface area contributed by atoms with E-state index < -0.39 is 0 Å². The zero-order valence-corrected chi connectivity index (χ0v) is 9.55. The molecular weight excluding hydrogens is 235 g/mol. The first-order valence-electron chi connectivity index (χ1n) is 4.10. The molecule has 0 unspecified atom stereocenters. The molecule has 1 aromatic rings. The first kappa shape index (κ1) is 11.8. The maximum atomic E-state index is 5.98. The lowest BCUT2D eigenvalue weighted by molar-refractivity contribution is 1.20. The average Bonchev–Trinajstić information content (AvgIpc) is 2.18. The Kier molecular flexibility index (Phi) is 3.94. The Bertz CT molecular complexity index is 422. The smallest absolute Gasteiger partial charge is 0.211 e. The van der Waals surface area contributed by atoms with Gasteiger partial charge in [0.25, 0.3) is 0 Å². The Morgan fingerprint density at radius 2 is 1.87 bits per heavy atom. The van der Waals surface area contributed by atoms with E-state index in [9.17, 15) is 0 Å². The third kappa shape index (κ3) is 3.11. The molecule has 0 saturated carbocycles. The standard InChI is InChI=1S/C9H10Cl2N4/c1-5(14-15-9(12)13)6-3-2-4-7(10)8(6)11/h2-4H,1H3,(H4,12,13,15)/b14-5-. The van der Waals surface area contributed by atoms with Gasteiger partial charge in [-0.15, -0.1) is 5.10 Å². The first-order chi connectivity index (χ1) is 7.02. The molecule has 0 radical (unpaired) electrons. The van der Waals surface area contributed by atoms with Crippen molar-refractivity contribution >= 4 is 34.9 Å². The van der Waals surface area contributed by atoms with Gasteiger partial charge in [-0.1, -0.05) is 35.3 Å². The fourth-order valence-corrected chi connectivity index (χ4v) is 1.41. The van der Waals surface area contributed by atoms with Crippen molar-refractivity contribution in [2.75, 3.05) is 0 Å². The van der Waals surface area contributed by atoms with Crippen LogP contribution in [0.15, 0.2) is 28.4 Å². The van der Waals surface area contributed by atoms with Crippen molar-refractivity contribution in [1.82, 2.24) is 0 Å². The van der Waals surface area contributed by atoms with Crippen LogP contribution in [0.2, 0.25) is 10.0 Å². The molecule has 0 aromatic heterocycles. The van der Waals surface area contributed by atoms with Gasteiger partial charge < -0.3 is 11.5 Å². The Morgan fingerprint density at radius 3 is 2.47 bits per heavy atom. The van der Waals surface area contributed by atoms with Crippen molar-refractivity contribution in [1.29, 1.82) is 0 Å². The minimum absolute atomic E-state index is 0.104.